The standard InChI is InChI=1S/C26H33N3O5/c1-33-22-7-3-5-18(13-22)16-27-25(31)24-15-21(30)17-29(24)20-9-11-28(12-10-20)26(32)19-6-4-8-23(14-19)34-2/h3-8,13-14,20-21,24,30H,9-12,15-17H2,1-2H3,(H,27,31)/t21-,24+/m1/s1. The minimum absolute atomic E-state index is 0.00797. The molecule has 34 heavy (non-hydrogen) atoms. The van der Waals surface area contributed by atoms with Crippen molar-refractivity contribution in [3.05, 3.63) is 59.7 Å². The van der Waals surface area contributed by atoms with Crippen LogP contribution in [0.3, 0.4) is 0 Å². The molecular weight excluding hydrogens is 434 g/mol. The molecule has 0 aliphatic carbocycles. The van der Waals surface area contributed by atoms with Crippen molar-refractivity contribution in [3.63, 3.8) is 0 Å². The number of hydrogen-bond donors (Lipinski definition) is 2. The Kier molecular flexibility index (Phi) is 7.70. The molecule has 0 unspecified atom stereocenters. The molecular formula is C26H33N3O5. The summed E-state index contributed by atoms with van der Waals surface area (Å²) in [6.45, 7) is 2.12. The maximum atomic E-state index is 13.0. The molecule has 2 atom stereocenters. The van der Waals surface area contributed by atoms with Gasteiger partial charge >= 0.3 is 0 Å². The number of aliphatic hydroxyl groups is 1. The molecule has 2 amide bonds. The van der Waals surface area contributed by atoms with Crippen molar-refractivity contribution in [2.24, 2.45) is 0 Å². The van der Waals surface area contributed by atoms with Gasteiger partial charge in [0.05, 0.1) is 26.4 Å². The van der Waals surface area contributed by atoms with Gasteiger partial charge in [-0.2, -0.15) is 0 Å². The Hall–Kier alpha value is -3.10. The topological polar surface area (TPSA) is 91.3 Å². The Bertz CT molecular complexity index is 1010. The molecule has 0 bridgehead atoms. The van der Waals surface area contributed by atoms with Gasteiger partial charge in [0.15, 0.2) is 0 Å². The molecule has 2 aliphatic heterocycles. The number of nitrogens with one attached hydrogen (secondary N) is 1. The number of nitrogens with zero attached hydrogens (tertiary/aromatic N) is 2. The molecule has 4 rings (SSSR count). The van der Waals surface area contributed by atoms with E-state index in [4.69, 9.17) is 9.47 Å². The highest BCUT2D eigenvalue weighted by atomic mass is 16.5. The van der Waals surface area contributed by atoms with Gasteiger partial charge in [-0.05, 0) is 55.2 Å². The molecule has 2 heterocycles. The number of ether oxygens (including phenoxy) is 2. The number of methoxy groups -OCH3 is 2. The van der Waals surface area contributed by atoms with E-state index in [-0.39, 0.29) is 23.9 Å². The number of carbonyl (C=O) groups is 2. The average Bonchev–Trinajstić information content (AvgIpc) is 3.28. The largest absolute Gasteiger partial charge is 0.497 e. The van der Waals surface area contributed by atoms with Crippen molar-refractivity contribution in [1.29, 1.82) is 0 Å². The normalized spacial score (nSPS) is 21.3. The third-order valence-corrected chi connectivity index (χ3v) is 6.76. The molecule has 0 saturated carbocycles. The van der Waals surface area contributed by atoms with Gasteiger partial charge in [0.2, 0.25) is 5.91 Å². The molecule has 2 saturated heterocycles. The van der Waals surface area contributed by atoms with E-state index in [1.807, 2.05) is 41.3 Å². The minimum atomic E-state index is -0.524. The third kappa shape index (κ3) is 5.51. The van der Waals surface area contributed by atoms with E-state index in [1.165, 1.54) is 0 Å². The van der Waals surface area contributed by atoms with Gasteiger partial charge in [0.1, 0.15) is 11.5 Å². The van der Waals surface area contributed by atoms with Crippen molar-refractivity contribution in [2.75, 3.05) is 33.9 Å². The zero-order valence-corrected chi connectivity index (χ0v) is 19.8. The number of benzene rings is 2. The quantitative estimate of drug-likeness (QED) is 0.648. The van der Waals surface area contributed by atoms with E-state index in [2.05, 4.69) is 10.2 Å². The molecule has 0 spiro atoms. The smallest absolute Gasteiger partial charge is 0.253 e. The maximum Gasteiger partial charge on any atom is 0.253 e. The molecule has 0 radical (unpaired) electrons. The van der Waals surface area contributed by atoms with Gasteiger partial charge in [0, 0.05) is 37.8 Å². The van der Waals surface area contributed by atoms with E-state index in [9.17, 15) is 14.7 Å². The maximum absolute atomic E-state index is 13.0. The summed E-state index contributed by atoms with van der Waals surface area (Å²) in [5.74, 6) is 1.33. The van der Waals surface area contributed by atoms with Crippen molar-refractivity contribution >= 4 is 11.8 Å². The molecule has 2 aromatic carbocycles. The summed E-state index contributed by atoms with van der Waals surface area (Å²) in [5.41, 5.74) is 1.58. The van der Waals surface area contributed by atoms with Crippen LogP contribution in [0.2, 0.25) is 0 Å². The lowest BCUT2D eigenvalue weighted by atomic mass is 10.0. The predicted octanol–water partition coefficient (Wildman–Crippen LogP) is 2.06. The van der Waals surface area contributed by atoms with Gasteiger partial charge in [0.25, 0.3) is 5.91 Å². The number of β-amino-alcohol motifs (C(OH)–C–C–N with tert-alkyl or cyclic N) is 1. The van der Waals surface area contributed by atoms with Crippen LogP contribution in [0.1, 0.15) is 35.2 Å². The van der Waals surface area contributed by atoms with Gasteiger partial charge < -0.3 is 24.8 Å². The van der Waals surface area contributed by atoms with E-state index in [0.717, 1.165) is 24.2 Å². The summed E-state index contributed by atoms with van der Waals surface area (Å²) in [6.07, 6.45) is 1.43. The van der Waals surface area contributed by atoms with Crippen LogP contribution in [-0.4, -0.2) is 78.8 Å². The Morgan fingerprint density at radius 1 is 1.03 bits per heavy atom. The molecule has 2 aromatic rings. The van der Waals surface area contributed by atoms with Gasteiger partial charge in [-0.1, -0.05) is 18.2 Å². The highest BCUT2D eigenvalue weighted by molar-refractivity contribution is 5.94. The molecule has 0 aromatic heterocycles. The molecule has 2 fully saturated rings. The summed E-state index contributed by atoms with van der Waals surface area (Å²) in [7, 11) is 3.20. The van der Waals surface area contributed by atoms with Crippen LogP contribution in [0.15, 0.2) is 48.5 Å². The summed E-state index contributed by atoms with van der Waals surface area (Å²) >= 11 is 0. The molecule has 2 aliphatic rings. The number of carbonyl (C=O) groups excluding carboxylic acids is 2. The highest BCUT2D eigenvalue weighted by Gasteiger charge is 2.41. The summed E-state index contributed by atoms with van der Waals surface area (Å²) < 4.78 is 10.5. The van der Waals surface area contributed by atoms with E-state index >= 15 is 0 Å². The van der Waals surface area contributed by atoms with Crippen LogP contribution in [-0.2, 0) is 11.3 Å². The van der Waals surface area contributed by atoms with Gasteiger partial charge in [-0.15, -0.1) is 0 Å². The fraction of sp³-hybridized carbons (Fsp3) is 0.462. The Morgan fingerprint density at radius 2 is 1.71 bits per heavy atom. The Morgan fingerprint density at radius 3 is 2.41 bits per heavy atom. The van der Waals surface area contributed by atoms with Gasteiger partial charge in [-0.3, -0.25) is 14.5 Å². The Balaban J connectivity index is 1.34. The van der Waals surface area contributed by atoms with E-state index < -0.39 is 6.10 Å². The fourth-order valence-electron chi connectivity index (χ4n) is 4.93. The molecule has 8 nitrogen and oxygen atoms in total. The summed E-state index contributed by atoms with van der Waals surface area (Å²) in [6, 6.07) is 14.6. The Labute approximate surface area is 200 Å². The van der Waals surface area contributed by atoms with Crippen LogP contribution >= 0.6 is 0 Å². The predicted molar refractivity (Wildman–Crippen MR) is 128 cm³/mol. The van der Waals surface area contributed by atoms with Crippen molar-refractivity contribution in [3.8, 4) is 11.5 Å². The fourth-order valence-corrected chi connectivity index (χ4v) is 4.93. The van der Waals surface area contributed by atoms with Crippen LogP contribution in [0, 0.1) is 0 Å². The lowest BCUT2D eigenvalue weighted by Gasteiger charge is -2.39. The molecule has 8 heteroatoms. The lowest BCUT2D eigenvalue weighted by molar-refractivity contribution is -0.126. The summed E-state index contributed by atoms with van der Waals surface area (Å²) in [4.78, 5) is 29.9. The zero-order chi connectivity index (χ0) is 24.1. The number of amides is 2. The van der Waals surface area contributed by atoms with Gasteiger partial charge in [-0.25, -0.2) is 0 Å². The average molecular weight is 468 g/mol. The van der Waals surface area contributed by atoms with Crippen molar-refractivity contribution in [1.82, 2.24) is 15.1 Å². The molecule has 2 N–H and O–H groups in total. The van der Waals surface area contributed by atoms with Crippen LogP contribution in [0.5, 0.6) is 11.5 Å². The first-order valence-electron chi connectivity index (χ1n) is 11.8. The first-order valence-corrected chi connectivity index (χ1v) is 11.8. The summed E-state index contributed by atoms with van der Waals surface area (Å²) in [5, 5.41) is 13.3. The first kappa shape index (κ1) is 24.0. The minimum Gasteiger partial charge on any atom is -0.497 e. The van der Waals surface area contributed by atoms with Crippen molar-refractivity contribution in [2.45, 2.75) is 44.0 Å². The monoisotopic (exact) mass is 467 g/mol. The number of aliphatic hydroxyl groups excluding tert-OH is 1. The number of likely N-dealkylation sites (tertiary alicyclic amines) is 2. The second-order valence-electron chi connectivity index (χ2n) is 8.93. The molecule has 182 valence electrons. The number of piperidine rings is 1. The highest BCUT2D eigenvalue weighted by Crippen LogP contribution is 2.27. The third-order valence-electron chi connectivity index (χ3n) is 6.76. The van der Waals surface area contributed by atoms with Crippen molar-refractivity contribution < 1.29 is 24.2 Å². The van der Waals surface area contributed by atoms with Crippen LogP contribution in [0.25, 0.3) is 0 Å². The number of rotatable bonds is 7. The zero-order valence-electron chi connectivity index (χ0n) is 19.8. The van der Waals surface area contributed by atoms with Crippen LogP contribution < -0.4 is 14.8 Å². The first-order chi connectivity index (χ1) is 16.5. The number of hydrogen-bond acceptors (Lipinski definition) is 6. The second kappa shape index (κ2) is 10.9. The SMILES string of the molecule is COc1cccc(CNC(=O)[C@@H]2C[C@@H](O)CN2C2CCN(C(=O)c3cccc(OC)c3)CC2)c1. The lowest BCUT2D eigenvalue weighted by Crippen LogP contribution is -2.52. The van der Waals surface area contributed by atoms with Crippen LogP contribution in [0.4, 0.5) is 0 Å². The van der Waals surface area contributed by atoms with E-state index in [1.54, 1.807) is 26.4 Å². The van der Waals surface area contributed by atoms with E-state index in [0.29, 0.717) is 43.9 Å². The second-order valence-corrected chi connectivity index (χ2v) is 8.93.